The Hall–Kier alpha value is -0.380. The summed E-state index contributed by atoms with van der Waals surface area (Å²) in [4.78, 5) is 2.46. The van der Waals surface area contributed by atoms with Gasteiger partial charge in [0.25, 0.3) is 0 Å². The normalized spacial score (nSPS) is 31.9. The monoisotopic (exact) mass is 323 g/mol. The van der Waals surface area contributed by atoms with Gasteiger partial charge in [-0.3, -0.25) is 4.90 Å². The first kappa shape index (κ1) is 19.0. The third-order valence-corrected chi connectivity index (χ3v) is 5.58. The topological polar surface area (TPSA) is 21.7 Å². The minimum atomic E-state index is -0.263. The molecule has 2 aliphatic rings. The number of hydrogen-bond donors (Lipinski definition) is 0. The van der Waals surface area contributed by atoms with E-state index in [1.807, 2.05) is 6.08 Å². The molecule has 0 bridgehead atoms. The molecule has 2 rings (SSSR count). The molecule has 1 saturated carbocycles. The molecular formula is C20H37NO2. The fourth-order valence-electron chi connectivity index (χ4n) is 4.06. The van der Waals surface area contributed by atoms with E-state index in [2.05, 4.69) is 39.2 Å². The van der Waals surface area contributed by atoms with Crippen LogP contribution in [0.1, 0.15) is 66.2 Å². The van der Waals surface area contributed by atoms with Crippen molar-refractivity contribution in [1.29, 1.82) is 0 Å². The molecule has 0 amide bonds. The Labute approximate surface area is 143 Å². The second-order valence-electron chi connectivity index (χ2n) is 8.48. The van der Waals surface area contributed by atoms with Crippen LogP contribution in [0.2, 0.25) is 0 Å². The molecule has 3 nitrogen and oxygen atoms in total. The van der Waals surface area contributed by atoms with Gasteiger partial charge in [0.1, 0.15) is 0 Å². The zero-order chi connectivity index (χ0) is 16.9. The van der Waals surface area contributed by atoms with Crippen LogP contribution in [0, 0.1) is 11.3 Å². The first-order valence-electron chi connectivity index (χ1n) is 9.53. The first-order valence-corrected chi connectivity index (χ1v) is 9.53. The van der Waals surface area contributed by atoms with Crippen molar-refractivity contribution < 1.29 is 9.47 Å². The summed E-state index contributed by atoms with van der Waals surface area (Å²) in [5.74, 6) is 0.535. The summed E-state index contributed by atoms with van der Waals surface area (Å²) in [7, 11) is 0. The summed E-state index contributed by atoms with van der Waals surface area (Å²) in [6, 6.07) is 0. The van der Waals surface area contributed by atoms with E-state index in [0.717, 1.165) is 51.4 Å². The Balaban J connectivity index is 1.77. The lowest BCUT2D eigenvalue weighted by Gasteiger charge is -2.41. The minimum Gasteiger partial charge on any atom is -0.347 e. The Kier molecular flexibility index (Phi) is 6.70. The van der Waals surface area contributed by atoms with Crippen LogP contribution in [-0.2, 0) is 9.47 Å². The molecule has 0 aromatic rings. The molecule has 0 N–H and O–H groups in total. The molecule has 0 aromatic heterocycles. The van der Waals surface area contributed by atoms with Crippen molar-refractivity contribution in [3.8, 4) is 0 Å². The highest BCUT2D eigenvalue weighted by Gasteiger charge is 2.45. The SMILES string of the molecule is C=CCN(CCC)CCC1COC2(CCC(C(C)(C)C)CC2)O1. The van der Waals surface area contributed by atoms with Gasteiger partial charge in [0.05, 0.1) is 12.7 Å². The summed E-state index contributed by atoms with van der Waals surface area (Å²) in [5.41, 5.74) is 0.408. The zero-order valence-corrected chi connectivity index (χ0v) is 15.8. The lowest BCUT2D eigenvalue weighted by atomic mass is 9.71. The van der Waals surface area contributed by atoms with Crippen LogP contribution in [0.25, 0.3) is 0 Å². The molecule has 23 heavy (non-hydrogen) atoms. The van der Waals surface area contributed by atoms with Gasteiger partial charge < -0.3 is 9.47 Å². The molecular weight excluding hydrogens is 286 g/mol. The second-order valence-corrected chi connectivity index (χ2v) is 8.48. The van der Waals surface area contributed by atoms with E-state index in [-0.39, 0.29) is 11.9 Å². The van der Waals surface area contributed by atoms with Crippen molar-refractivity contribution in [1.82, 2.24) is 4.90 Å². The highest BCUT2D eigenvalue weighted by molar-refractivity contribution is 4.89. The van der Waals surface area contributed by atoms with E-state index in [1.54, 1.807) is 0 Å². The second kappa shape index (κ2) is 8.13. The van der Waals surface area contributed by atoms with Crippen molar-refractivity contribution >= 4 is 0 Å². The van der Waals surface area contributed by atoms with Crippen LogP contribution >= 0.6 is 0 Å². The van der Waals surface area contributed by atoms with Gasteiger partial charge in [-0.1, -0.05) is 33.8 Å². The predicted molar refractivity (Wildman–Crippen MR) is 96.5 cm³/mol. The average molecular weight is 324 g/mol. The minimum absolute atomic E-state index is 0.263. The fraction of sp³-hybridized carbons (Fsp3) is 0.900. The van der Waals surface area contributed by atoms with Crippen LogP contribution in [0.3, 0.4) is 0 Å². The Bertz CT molecular complexity index is 366. The summed E-state index contributed by atoms with van der Waals surface area (Å²) in [5, 5.41) is 0. The van der Waals surface area contributed by atoms with Gasteiger partial charge in [0.15, 0.2) is 5.79 Å². The summed E-state index contributed by atoms with van der Waals surface area (Å²) >= 11 is 0. The molecule has 0 radical (unpaired) electrons. The largest absolute Gasteiger partial charge is 0.347 e. The first-order chi connectivity index (χ1) is 10.9. The van der Waals surface area contributed by atoms with Gasteiger partial charge in [-0.05, 0) is 43.6 Å². The van der Waals surface area contributed by atoms with Gasteiger partial charge in [0.2, 0.25) is 0 Å². The highest BCUT2D eigenvalue weighted by Crippen LogP contribution is 2.45. The molecule has 1 aliphatic heterocycles. The van der Waals surface area contributed by atoms with Crippen molar-refractivity contribution in [2.75, 3.05) is 26.2 Å². The molecule has 1 spiro atoms. The molecule has 134 valence electrons. The molecule has 1 saturated heterocycles. The number of rotatable bonds is 7. The van der Waals surface area contributed by atoms with Gasteiger partial charge in [0, 0.05) is 25.9 Å². The summed E-state index contributed by atoms with van der Waals surface area (Å²) in [6.45, 7) is 17.1. The van der Waals surface area contributed by atoms with Crippen molar-refractivity contribution in [3.63, 3.8) is 0 Å². The molecule has 1 heterocycles. The predicted octanol–water partition coefficient (Wildman–Crippen LogP) is 4.62. The van der Waals surface area contributed by atoms with E-state index in [4.69, 9.17) is 9.47 Å². The average Bonchev–Trinajstić information content (AvgIpc) is 2.88. The summed E-state index contributed by atoms with van der Waals surface area (Å²) in [6.07, 6.45) is 9.12. The number of ether oxygens (including phenoxy) is 2. The Morgan fingerprint density at radius 3 is 2.48 bits per heavy atom. The maximum absolute atomic E-state index is 6.38. The van der Waals surface area contributed by atoms with E-state index >= 15 is 0 Å². The van der Waals surface area contributed by atoms with E-state index in [0.29, 0.717) is 5.41 Å². The van der Waals surface area contributed by atoms with Crippen molar-refractivity contribution in [2.45, 2.75) is 78.1 Å². The number of nitrogens with zero attached hydrogens (tertiary/aromatic N) is 1. The van der Waals surface area contributed by atoms with Crippen LogP contribution < -0.4 is 0 Å². The third kappa shape index (κ3) is 5.30. The van der Waals surface area contributed by atoms with Gasteiger partial charge in [-0.2, -0.15) is 0 Å². The molecule has 1 unspecified atom stereocenters. The fourth-order valence-corrected chi connectivity index (χ4v) is 4.06. The molecule has 2 fully saturated rings. The van der Waals surface area contributed by atoms with E-state index in [9.17, 15) is 0 Å². The molecule has 1 aliphatic carbocycles. The lowest BCUT2D eigenvalue weighted by molar-refractivity contribution is -0.197. The van der Waals surface area contributed by atoms with Crippen LogP contribution in [0.4, 0.5) is 0 Å². The maximum Gasteiger partial charge on any atom is 0.168 e. The maximum atomic E-state index is 6.38. The van der Waals surface area contributed by atoms with Crippen LogP contribution in [-0.4, -0.2) is 43.0 Å². The van der Waals surface area contributed by atoms with Gasteiger partial charge >= 0.3 is 0 Å². The molecule has 0 aromatic carbocycles. The van der Waals surface area contributed by atoms with Gasteiger partial charge in [-0.25, -0.2) is 0 Å². The van der Waals surface area contributed by atoms with Crippen molar-refractivity contribution in [3.05, 3.63) is 12.7 Å². The smallest absolute Gasteiger partial charge is 0.168 e. The Morgan fingerprint density at radius 2 is 1.91 bits per heavy atom. The van der Waals surface area contributed by atoms with E-state index in [1.165, 1.54) is 19.3 Å². The lowest BCUT2D eigenvalue weighted by Crippen LogP contribution is -2.39. The highest BCUT2D eigenvalue weighted by atomic mass is 16.7. The third-order valence-electron chi connectivity index (χ3n) is 5.58. The standard InChI is InChI=1S/C20H37NO2/c1-6-13-21(14-7-2)15-10-18-16-22-20(23-18)11-8-17(9-12-20)19(3,4)5/h6,17-18H,1,7-16H2,2-5H3. The zero-order valence-electron chi connectivity index (χ0n) is 15.8. The van der Waals surface area contributed by atoms with Gasteiger partial charge in [-0.15, -0.1) is 6.58 Å². The van der Waals surface area contributed by atoms with Crippen LogP contribution in [0.15, 0.2) is 12.7 Å². The summed E-state index contributed by atoms with van der Waals surface area (Å²) < 4.78 is 12.5. The van der Waals surface area contributed by atoms with E-state index < -0.39 is 0 Å². The van der Waals surface area contributed by atoms with Crippen molar-refractivity contribution in [2.24, 2.45) is 11.3 Å². The quantitative estimate of drug-likeness (QED) is 0.638. The molecule has 1 atom stereocenters. The Morgan fingerprint density at radius 1 is 1.22 bits per heavy atom. The van der Waals surface area contributed by atoms with Crippen LogP contribution in [0.5, 0.6) is 0 Å². The number of hydrogen-bond acceptors (Lipinski definition) is 3. The molecule has 3 heteroatoms.